The maximum absolute atomic E-state index is 14.3. The highest BCUT2D eigenvalue weighted by molar-refractivity contribution is 7.52. The largest absolute Gasteiger partial charge is 0.462 e. The number of nitriles is 1. The van der Waals surface area contributed by atoms with E-state index in [1.807, 2.05) is 0 Å². The smallest absolute Gasteiger partial charge is 0.459 e. The van der Waals surface area contributed by atoms with Gasteiger partial charge in [-0.25, -0.2) is 9.36 Å². The van der Waals surface area contributed by atoms with Gasteiger partial charge in [-0.3, -0.25) is 19.0 Å². The van der Waals surface area contributed by atoms with Gasteiger partial charge in [0.1, 0.15) is 23.3 Å². The van der Waals surface area contributed by atoms with Crippen LogP contribution in [-0.2, 0) is 32.9 Å². The van der Waals surface area contributed by atoms with Crippen LogP contribution < -0.4 is 14.9 Å². The number of benzene rings is 1. The highest BCUT2D eigenvalue weighted by Gasteiger charge is 2.60. The summed E-state index contributed by atoms with van der Waals surface area (Å²) >= 11 is 0. The van der Waals surface area contributed by atoms with Gasteiger partial charge in [0.25, 0.3) is 0 Å². The van der Waals surface area contributed by atoms with Crippen LogP contribution in [0.2, 0.25) is 0 Å². The summed E-state index contributed by atoms with van der Waals surface area (Å²) in [7, 11) is -4.35. The Balaban J connectivity index is 1.63. The van der Waals surface area contributed by atoms with Crippen molar-refractivity contribution in [3.05, 3.63) is 54.9 Å². The number of ether oxygens (including phenoxy) is 3. The first-order valence-electron chi connectivity index (χ1n) is 20.5. The molecule has 1 unspecified atom stereocenters. The number of allylic oxidation sites excluding steroid dienone is 1. The number of hydrogen-bond donors (Lipinski definition) is 2. The predicted octanol–water partition coefficient (Wildman–Crippen LogP) is 9.60. The zero-order valence-corrected chi connectivity index (χ0v) is 35.1. The molecule has 13 nitrogen and oxygen atoms in total. The summed E-state index contributed by atoms with van der Waals surface area (Å²) in [5.74, 6) is -1.01. The quantitative estimate of drug-likeness (QED) is 0.0494. The lowest BCUT2D eigenvalue weighted by Crippen LogP contribution is -2.52. The molecule has 2 aliphatic heterocycles. The van der Waals surface area contributed by atoms with Gasteiger partial charge in [-0.15, -0.1) is 0 Å². The lowest BCUT2D eigenvalue weighted by atomic mass is 9.83. The van der Waals surface area contributed by atoms with E-state index in [-0.39, 0.29) is 12.2 Å². The summed E-state index contributed by atoms with van der Waals surface area (Å²) in [6, 6.07) is 8.77. The molecule has 312 valence electrons. The van der Waals surface area contributed by atoms with E-state index in [0.29, 0.717) is 12.1 Å². The summed E-state index contributed by atoms with van der Waals surface area (Å²) in [5, 5.41) is 15.8. The highest BCUT2D eigenvalue weighted by Crippen LogP contribution is 2.48. The van der Waals surface area contributed by atoms with E-state index in [1.165, 1.54) is 95.6 Å². The van der Waals surface area contributed by atoms with Crippen LogP contribution in [0.1, 0.15) is 137 Å². The fraction of sp³-hybridized carbons (Fsp3) is 0.667. The van der Waals surface area contributed by atoms with Crippen molar-refractivity contribution < 1.29 is 42.2 Å². The Morgan fingerprint density at radius 3 is 2.09 bits per heavy atom. The third-order valence-corrected chi connectivity index (χ3v) is 11.5. The molecule has 0 aliphatic carbocycles. The maximum atomic E-state index is 14.3. The van der Waals surface area contributed by atoms with Crippen LogP contribution in [0.5, 0.6) is 5.75 Å². The van der Waals surface area contributed by atoms with Gasteiger partial charge in [-0.2, -0.15) is 10.3 Å². The Bertz CT molecular complexity index is 1520. The number of carbonyl (C=O) groups is 3. The first kappa shape index (κ1) is 46.7. The Kier molecular flexibility index (Phi) is 20.1. The van der Waals surface area contributed by atoms with Crippen molar-refractivity contribution in [2.24, 2.45) is 5.41 Å². The second kappa shape index (κ2) is 24.2. The van der Waals surface area contributed by atoms with Gasteiger partial charge in [-0.05, 0) is 52.3 Å². The molecular weight excluding hydrogens is 735 g/mol. The third kappa shape index (κ3) is 15.3. The van der Waals surface area contributed by atoms with Gasteiger partial charge in [-0.1, -0.05) is 122 Å². The number of hydrogen-bond acceptors (Lipinski definition) is 10. The molecule has 2 aliphatic rings. The molecule has 0 saturated carbocycles. The van der Waals surface area contributed by atoms with E-state index >= 15 is 0 Å². The molecule has 56 heavy (non-hydrogen) atoms. The van der Waals surface area contributed by atoms with Crippen molar-refractivity contribution in [1.29, 1.82) is 5.26 Å². The molecule has 14 heteroatoms. The van der Waals surface area contributed by atoms with E-state index < -0.39 is 68.3 Å². The molecule has 1 aromatic carbocycles. The monoisotopic (exact) mass is 800 g/mol. The molecule has 1 fully saturated rings. The lowest BCUT2D eigenvalue weighted by Gasteiger charge is -2.35. The average molecular weight is 801 g/mol. The van der Waals surface area contributed by atoms with Crippen molar-refractivity contribution in [2.75, 3.05) is 6.61 Å². The van der Waals surface area contributed by atoms with E-state index in [0.717, 1.165) is 19.3 Å². The molecule has 6 atom stereocenters. The first-order valence-corrected chi connectivity index (χ1v) is 22.1. The second-order valence-corrected chi connectivity index (χ2v) is 16.9. The number of amides is 2. The summed E-state index contributed by atoms with van der Waals surface area (Å²) in [6.45, 7) is 11.9. The first-order chi connectivity index (χ1) is 26.8. The fourth-order valence-electron chi connectivity index (χ4n) is 6.72. The van der Waals surface area contributed by atoms with Gasteiger partial charge in [0.2, 0.25) is 0 Å². The lowest BCUT2D eigenvalue weighted by molar-refractivity contribution is -0.156. The molecule has 2 amide bonds. The standard InChI is InChI=1S/C42H65N4O9P/c1-7-8-9-10-11-12-13-14-15-16-17-18-19-20-24-27-37(47)54-38-36(53-40(42(38,6)31-43)46-29-28-33(4)44-41(46)49)30-51-56(50,55-35-25-22-21-23-26-35)45-34(5)39(48)52-32(2)3/h21-23,25-26,28-29,32,34,36,38,40H,4,7-20,24,27,30H2,1-3,5-6H3,(H,44,49)(H,45,50)/t34-,36+,38+,40+,42+,56?/m0/s1. The van der Waals surface area contributed by atoms with Crippen LogP contribution in [-0.4, -0.2) is 60.1 Å². The van der Waals surface area contributed by atoms with Crippen molar-refractivity contribution in [2.45, 2.75) is 168 Å². The highest BCUT2D eigenvalue weighted by atomic mass is 31.2. The number of esters is 2. The number of nitrogens with one attached hydrogen (secondary N) is 2. The molecule has 0 radical (unpaired) electrons. The second-order valence-electron chi connectivity index (χ2n) is 15.2. The fourth-order valence-corrected chi connectivity index (χ4v) is 8.22. The number of para-hydroxylation sites is 1. The normalized spacial score (nSPS) is 22.3. The van der Waals surface area contributed by atoms with Gasteiger partial charge >= 0.3 is 25.7 Å². The number of unbranched alkanes of at least 4 members (excludes halogenated alkanes) is 14. The van der Waals surface area contributed by atoms with Crippen LogP contribution in [0.3, 0.4) is 0 Å². The van der Waals surface area contributed by atoms with Crippen LogP contribution in [0.4, 0.5) is 4.79 Å². The minimum absolute atomic E-state index is 0.130. The summed E-state index contributed by atoms with van der Waals surface area (Å²) < 4.78 is 43.5. The summed E-state index contributed by atoms with van der Waals surface area (Å²) in [6.07, 6.45) is 17.0. The van der Waals surface area contributed by atoms with Gasteiger partial charge in [0.05, 0.1) is 18.8 Å². The van der Waals surface area contributed by atoms with Crippen molar-refractivity contribution in [3.8, 4) is 11.8 Å². The molecule has 1 aromatic rings. The Labute approximate surface area is 334 Å². The van der Waals surface area contributed by atoms with Gasteiger partial charge < -0.3 is 24.1 Å². The number of urea groups is 1. The molecule has 0 spiro atoms. The van der Waals surface area contributed by atoms with E-state index in [2.05, 4.69) is 30.0 Å². The van der Waals surface area contributed by atoms with Gasteiger partial charge in [0, 0.05) is 18.3 Å². The van der Waals surface area contributed by atoms with Crippen LogP contribution in [0.25, 0.3) is 0 Å². The van der Waals surface area contributed by atoms with Gasteiger partial charge in [0.15, 0.2) is 12.3 Å². The van der Waals surface area contributed by atoms with Crippen LogP contribution in [0, 0.1) is 16.7 Å². The zero-order valence-electron chi connectivity index (χ0n) is 34.2. The summed E-state index contributed by atoms with van der Waals surface area (Å²) in [5.41, 5.74) is -1.23. The predicted molar refractivity (Wildman–Crippen MR) is 215 cm³/mol. The van der Waals surface area contributed by atoms with E-state index in [9.17, 15) is 24.2 Å². The van der Waals surface area contributed by atoms with Crippen molar-refractivity contribution in [3.63, 3.8) is 0 Å². The molecule has 0 aromatic heterocycles. The topological polar surface area (TPSA) is 166 Å². The number of nitrogens with zero attached hydrogens (tertiary/aromatic N) is 2. The molecule has 3 rings (SSSR count). The molecular formula is C42H65N4O9P. The zero-order chi connectivity index (χ0) is 41.0. The van der Waals surface area contributed by atoms with Crippen molar-refractivity contribution in [1.82, 2.24) is 15.3 Å². The van der Waals surface area contributed by atoms with Crippen LogP contribution in [0.15, 0.2) is 54.9 Å². The Morgan fingerprint density at radius 2 is 1.55 bits per heavy atom. The van der Waals surface area contributed by atoms with E-state index in [4.69, 9.17) is 23.3 Å². The van der Waals surface area contributed by atoms with Crippen molar-refractivity contribution >= 4 is 25.7 Å². The van der Waals surface area contributed by atoms with Crippen LogP contribution >= 0.6 is 7.75 Å². The molecule has 1 saturated heterocycles. The number of carbonyl (C=O) groups excluding carboxylic acids is 3. The minimum Gasteiger partial charge on any atom is -0.462 e. The number of rotatable bonds is 27. The molecule has 2 N–H and O–H groups in total. The Hall–Kier alpha value is -3.69. The molecule has 0 bridgehead atoms. The average Bonchev–Trinajstić information content (AvgIpc) is 3.42. The maximum Gasteiger partial charge on any atom is 0.459 e. The molecule has 2 heterocycles. The Morgan fingerprint density at radius 1 is 0.982 bits per heavy atom. The summed E-state index contributed by atoms with van der Waals surface area (Å²) in [4.78, 5) is 40.2. The SMILES string of the molecule is C=C1C=CN([C@@H]2O[C@H](COP(=O)(N[C@@H](C)C(=O)OC(C)C)Oc3ccccc3)[C@@H](OC(=O)CCCCCCCCCCCCCCCCC)[C@@]2(C)C#N)C(=O)N1. The third-order valence-electron chi connectivity index (χ3n) is 9.85. The van der Waals surface area contributed by atoms with E-state index in [1.54, 1.807) is 50.3 Å². The minimum atomic E-state index is -4.35.